The average molecular weight is 362 g/mol. The van der Waals surface area contributed by atoms with Crippen LogP contribution in [-0.4, -0.2) is 63.0 Å². The SMILES string of the molecule is COC(C)(C(=O)Nc1ccc(OCCCN2CCOCC2)cc1)C1CC1. The molecule has 1 aliphatic heterocycles. The molecule has 1 atom stereocenters. The maximum atomic E-state index is 12.5. The molecule has 0 aromatic heterocycles. The summed E-state index contributed by atoms with van der Waals surface area (Å²) < 4.78 is 16.6. The third-order valence-corrected chi connectivity index (χ3v) is 5.33. The van der Waals surface area contributed by atoms with E-state index in [1.54, 1.807) is 7.11 Å². The van der Waals surface area contributed by atoms with Crippen molar-refractivity contribution in [3.8, 4) is 5.75 Å². The summed E-state index contributed by atoms with van der Waals surface area (Å²) in [5.41, 5.74) is 0.0221. The summed E-state index contributed by atoms with van der Waals surface area (Å²) >= 11 is 0. The van der Waals surface area contributed by atoms with Crippen molar-refractivity contribution >= 4 is 11.6 Å². The number of amides is 1. The van der Waals surface area contributed by atoms with E-state index in [1.807, 2.05) is 31.2 Å². The second-order valence-electron chi connectivity index (χ2n) is 7.22. The maximum absolute atomic E-state index is 12.5. The Morgan fingerprint density at radius 1 is 1.27 bits per heavy atom. The minimum atomic E-state index is -0.741. The van der Waals surface area contributed by atoms with Crippen molar-refractivity contribution in [2.45, 2.75) is 31.8 Å². The summed E-state index contributed by atoms with van der Waals surface area (Å²) in [6, 6.07) is 7.54. The van der Waals surface area contributed by atoms with Gasteiger partial charge in [-0.05, 0) is 56.4 Å². The standard InChI is InChI=1S/C20H30N2O4/c1-20(24-2,16-4-5-16)19(23)21-17-6-8-18(9-7-17)26-13-3-10-22-11-14-25-15-12-22/h6-9,16H,3-5,10-15H2,1-2H3,(H,21,23). The molecule has 1 saturated carbocycles. The van der Waals surface area contributed by atoms with Gasteiger partial charge in [0.15, 0.2) is 0 Å². The topological polar surface area (TPSA) is 60.0 Å². The van der Waals surface area contributed by atoms with Gasteiger partial charge in [-0.3, -0.25) is 9.69 Å². The number of nitrogens with zero attached hydrogens (tertiary/aromatic N) is 1. The van der Waals surface area contributed by atoms with E-state index in [0.29, 0.717) is 12.5 Å². The molecule has 26 heavy (non-hydrogen) atoms. The van der Waals surface area contributed by atoms with Crippen LogP contribution >= 0.6 is 0 Å². The van der Waals surface area contributed by atoms with Gasteiger partial charge in [-0.15, -0.1) is 0 Å². The number of benzene rings is 1. The normalized spacial score (nSPS) is 20.4. The molecule has 1 amide bonds. The number of hydrogen-bond donors (Lipinski definition) is 1. The Morgan fingerprint density at radius 2 is 1.96 bits per heavy atom. The van der Waals surface area contributed by atoms with Crippen molar-refractivity contribution in [1.29, 1.82) is 0 Å². The summed E-state index contributed by atoms with van der Waals surface area (Å²) in [6.07, 6.45) is 3.09. The number of morpholine rings is 1. The van der Waals surface area contributed by atoms with Crippen LogP contribution in [0, 0.1) is 5.92 Å². The van der Waals surface area contributed by atoms with Crippen LogP contribution in [0.4, 0.5) is 5.69 Å². The Kier molecular flexibility index (Phi) is 6.51. The quantitative estimate of drug-likeness (QED) is 0.684. The minimum absolute atomic E-state index is 0.0818. The van der Waals surface area contributed by atoms with Crippen LogP contribution in [0.5, 0.6) is 5.75 Å². The number of rotatable bonds is 9. The highest BCUT2D eigenvalue weighted by Gasteiger charge is 2.47. The van der Waals surface area contributed by atoms with Crippen molar-refractivity contribution in [3.63, 3.8) is 0 Å². The van der Waals surface area contributed by atoms with Gasteiger partial charge in [0, 0.05) is 32.4 Å². The molecule has 2 fully saturated rings. The number of carbonyl (C=O) groups is 1. The minimum Gasteiger partial charge on any atom is -0.494 e. The van der Waals surface area contributed by atoms with E-state index in [2.05, 4.69) is 10.2 Å². The van der Waals surface area contributed by atoms with Crippen LogP contribution in [-0.2, 0) is 14.3 Å². The van der Waals surface area contributed by atoms with Crippen molar-refractivity contribution in [2.24, 2.45) is 5.92 Å². The fraction of sp³-hybridized carbons (Fsp3) is 0.650. The Labute approximate surface area is 155 Å². The molecule has 6 heteroatoms. The largest absolute Gasteiger partial charge is 0.494 e. The van der Waals surface area contributed by atoms with E-state index in [-0.39, 0.29) is 5.91 Å². The lowest BCUT2D eigenvalue weighted by Crippen LogP contribution is -2.44. The smallest absolute Gasteiger partial charge is 0.256 e. The summed E-state index contributed by atoms with van der Waals surface area (Å²) in [4.78, 5) is 14.9. The summed E-state index contributed by atoms with van der Waals surface area (Å²) in [5.74, 6) is 1.06. The van der Waals surface area contributed by atoms with Crippen LogP contribution in [0.1, 0.15) is 26.2 Å². The van der Waals surface area contributed by atoms with E-state index >= 15 is 0 Å². The van der Waals surface area contributed by atoms with Crippen molar-refractivity contribution in [1.82, 2.24) is 4.90 Å². The van der Waals surface area contributed by atoms with Crippen molar-refractivity contribution < 1.29 is 19.0 Å². The molecule has 2 aliphatic rings. The van der Waals surface area contributed by atoms with Crippen LogP contribution < -0.4 is 10.1 Å². The molecular formula is C20H30N2O4. The first-order valence-electron chi connectivity index (χ1n) is 9.51. The highest BCUT2D eigenvalue weighted by molar-refractivity contribution is 5.97. The Balaban J connectivity index is 1.41. The lowest BCUT2D eigenvalue weighted by molar-refractivity contribution is -0.138. The first kappa shape index (κ1) is 19.1. The Bertz CT molecular complexity index is 582. The molecule has 0 bridgehead atoms. The van der Waals surface area contributed by atoms with Gasteiger partial charge in [0.2, 0.25) is 0 Å². The van der Waals surface area contributed by atoms with Gasteiger partial charge in [-0.1, -0.05) is 0 Å². The van der Waals surface area contributed by atoms with Crippen LogP contribution in [0.2, 0.25) is 0 Å². The zero-order valence-electron chi connectivity index (χ0n) is 15.8. The third-order valence-electron chi connectivity index (χ3n) is 5.33. The van der Waals surface area contributed by atoms with Crippen molar-refractivity contribution in [2.75, 3.05) is 51.9 Å². The fourth-order valence-electron chi connectivity index (χ4n) is 3.27. The molecule has 1 aliphatic carbocycles. The predicted molar refractivity (Wildman–Crippen MR) is 101 cm³/mol. The molecular weight excluding hydrogens is 332 g/mol. The van der Waals surface area contributed by atoms with Crippen molar-refractivity contribution in [3.05, 3.63) is 24.3 Å². The van der Waals surface area contributed by atoms with Gasteiger partial charge in [-0.2, -0.15) is 0 Å². The molecule has 3 rings (SSSR count). The summed E-state index contributed by atoms with van der Waals surface area (Å²) in [6.45, 7) is 7.27. The lowest BCUT2D eigenvalue weighted by Gasteiger charge is -2.26. The first-order chi connectivity index (χ1) is 12.6. The average Bonchev–Trinajstić information content (AvgIpc) is 3.52. The predicted octanol–water partition coefficient (Wildman–Crippen LogP) is 2.54. The molecule has 1 aromatic rings. The van der Waals surface area contributed by atoms with Crippen LogP contribution in [0.25, 0.3) is 0 Å². The fourth-order valence-corrected chi connectivity index (χ4v) is 3.27. The second-order valence-corrected chi connectivity index (χ2v) is 7.22. The molecule has 1 aromatic carbocycles. The van der Waals surface area contributed by atoms with Gasteiger partial charge in [-0.25, -0.2) is 0 Å². The monoisotopic (exact) mass is 362 g/mol. The molecule has 1 N–H and O–H groups in total. The Hall–Kier alpha value is -1.63. The van der Waals surface area contributed by atoms with E-state index in [1.165, 1.54) is 0 Å². The van der Waals surface area contributed by atoms with E-state index in [9.17, 15) is 4.79 Å². The maximum Gasteiger partial charge on any atom is 0.256 e. The van der Waals surface area contributed by atoms with E-state index < -0.39 is 5.60 Å². The van der Waals surface area contributed by atoms with Gasteiger partial charge in [0.05, 0.1) is 19.8 Å². The van der Waals surface area contributed by atoms with Crippen LogP contribution in [0.3, 0.4) is 0 Å². The third kappa shape index (κ3) is 4.96. The van der Waals surface area contributed by atoms with Gasteiger partial charge in [0.25, 0.3) is 5.91 Å². The molecule has 1 heterocycles. The van der Waals surface area contributed by atoms with E-state index in [4.69, 9.17) is 14.2 Å². The second kappa shape index (κ2) is 8.84. The molecule has 144 valence electrons. The number of hydrogen-bond acceptors (Lipinski definition) is 5. The first-order valence-corrected chi connectivity index (χ1v) is 9.51. The highest BCUT2D eigenvalue weighted by Crippen LogP contribution is 2.42. The van der Waals surface area contributed by atoms with E-state index in [0.717, 1.165) is 63.5 Å². The highest BCUT2D eigenvalue weighted by atomic mass is 16.5. The number of anilines is 1. The van der Waals surface area contributed by atoms with Gasteiger partial charge >= 0.3 is 0 Å². The van der Waals surface area contributed by atoms with Gasteiger partial charge in [0.1, 0.15) is 11.4 Å². The summed E-state index contributed by atoms with van der Waals surface area (Å²) in [7, 11) is 1.60. The molecule has 0 spiro atoms. The zero-order valence-corrected chi connectivity index (χ0v) is 15.8. The van der Waals surface area contributed by atoms with Gasteiger partial charge < -0.3 is 19.5 Å². The molecule has 0 radical (unpaired) electrons. The summed E-state index contributed by atoms with van der Waals surface area (Å²) in [5, 5.41) is 2.95. The lowest BCUT2D eigenvalue weighted by atomic mass is 9.99. The number of carbonyl (C=O) groups excluding carboxylic acids is 1. The number of ether oxygens (including phenoxy) is 3. The zero-order chi connectivity index (χ0) is 18.4. The number of nitrogens with one attached hydrogen (secondary N) is 1. The molecule has 6 nitrogen and oxygen atoms in total. The number of methoxy groups -OCH3 is 1. The Morgan fingerprint density at radius 3 is 2.58 bits per heavy atom. The molecule has 1 unspecified atom stereocenters. The molecule has 1 saturated heterocycles. The van der Waals surface area contributed by atoms with Crippen LogP contribution in [0.15, 0.2) is 24.3 Å².